The second-order valence-electron chi connectivity index (χ2n) is 5.91. The zero-order chi connectivity index (χ0) is 13.1. The number of hydrogen-bond acceptors (Lipinski definition) is 2. The van der Waals surface area contributed by atoms with E-state index in [9.17, 15) is 5.11 Å². The fraction of sp³-hybridized carbons (Fsp3) is 1.00. The predicted molar refractivity (Wildman–Crippen MR) is 78.9 cm³/mol. The number of rotatable bonds is 4. The molecule has 0 aliphatic heterocycles. The van der Waals surface area contributed by atoms with E-state index in [4.69, 9.17) is 0 Å². The lowest BCUT2D eigenvalue weighted by atomic mass is 9.97. The first-order chi connectivity index (χ1) is 8.86. The van der Waals surface area contributed by atoms with E-state index < -0.39 is 0 Å². The molecule has 0 aromatic carbocycles. The first-order valence-electron chi connectivity index (χ1n) is 8.23. The third-order valence-corrected chi connectivity index (χ3v) is 4.29. The first-order valence-corrected chi connectivity index (χ1v) is 8.23. The van der Waals surface area contributed by atoms with Crippen molar-refractivity contribution in [2.45, 2.75) is 96.1 Å². The molecule has 1 saturated carbocycles. The van der Waals surface area contributed by atoms with E-state index in [2.05, 4.69) is 12.2 Å². The Kier molecular flexibility index (Phi) is 9.59. The molecule has 1 aliphatic carbocycles. The van der Waals surface area contributed by atoms with Crippen LogP contribution in [0.15, 0.2) is 0 Å². The van der Waals surface area contributed by atoms with Gasteiger partial charge in [0.2, 0.25) is 0 Å². The van der Waals surface area contributed by atoms with E-state index in [1.165, 1.54) is 70.6 Å². The van der Waals surface area contributed by atoms with Crippen molar-refractivity contribution in [3.05, 3.63) is 0 Å². The Balaban J connectivity index is 2.31. The molecular weight excluding hydrogens is 222 g/mol. The molecule has 1 aliphatic rings. The minimum absolute atomic E-state index is 0.285. The van der Waals surface area contributed by atoms with Crippen molar-refractivity contribution in [1.82, 2.24) is 5.32 Å². The van der Waals surface area contributed by atoms with E-state index in [0.717, 1.165) is 6.42 Å². The van der Waals surface area contributed by atoms with Gasteiger partial charge in [0.05, 0.1) is 6.61 Å². The summed E-state index contributed by atoms with van der Waals surface area (Å²) in [5, 5.41) is 13.0. The normalized spacial score (nSPS) is 23.0. The average molecular weight is 255 g/mol. The zero-order valence-electron chi connectivity index (χ0n) is 12.3. The number of hydrogen-bond donors (Lipinski definition) is 2. The smallest absolute Gasteiger partial charge is 0.0584 e. The maximum atomic E-state index is 9.30. The highest BCUT2D eigenvalue weighted by Gasteiger charge is 2.13. The van der Waals surface area contributed by atoms with E-state index in [0.29, 0.717) is 12.1 Å². The van der Waals surface area contributed by atoms with E-state index in [1.54, 1.807) is 0 Å². The second kappa shape index (κ2) is 10.8. The molecule has 0 saturated heterocycles. The quantitative estimate of drug-likeness (QED) is 0.795. The molecule has 2 nitrogen and oxygen atoms in total. The molecule has 1 rings (SSSR count). The summed E-state index contributed by atoms with van der Waals surface area (Å²) in [6, 6.07) is 0.949. The lowest BCUT2D eigenvalue weighted by Gasteiger charge is -2.24. The van der Waals surface area contributed by atoms with Crippen LogP contribution >= 0.6 is 0 Å². The molecular formula is C16H33NO. The van der Waals surface area contributed by atoms with Gasteiger partial charge in [-0.15, -0.1) is 0 Å². The summed E-state index contributed by atoms with van der Waals surface area (Å²) in [7, 11) is 0. The van der Waals surface area contributed by atoms with Crippen LogP contribution in [0.3, 0.4) is 0 Å². The Morgan fingerprint density at radius 1 is 0.889 bits per heavy atom. The number of aliphatic hydroxyl groups excluding tert-OH is 1. The fourth-order valence-corrected chi connectivity index (χ4v) is 2.96. The summed E-state index contributed by atoms with van der Waals surface area (Å²) in [5.41, 5.74) is 0. The lowest BCUT2D eigenvalue weighted by molar-refractivity contribution is 0.220. The third-order valence-electron chi connectivity index (χ3n) is 4.29. The van der Waals surface area contributed by atoms with Crippen molar-refractivity contribution < 1.29 is 5.11 Å². The van der Waals surface area contributed by atoms with Crippen molar-refractivity contribution in [2.75, 3.05) is 6.61 Å². The van der Waals surface area contributed by atoms with Gasteiger partial charge in [0.1, 0.15) is 0 Å². The van der Waals surface area contributed by atoms with Gasteiger partial charge in [-0.2, -0.15) is 0 Å². The molecule has 0 aromatic rings. The monoisotopic (exact) mass is 255 g/mol. The summed E-state index contributed by atoms with van der Waals surface area (Å²) in [6.07, 6.45) is 16.3. The fourth-order valence-electron chi connectivity index (χ4n) is 2.96. The van der Waals surface area contributed by atoms with Crippen molar-refractivity contribution >= 4 is 0 Å². The maximum absolute atomic E-state index is 9.30. The van der Waals surface area contributed by atoms with Crippen LogP contribution < -0.4 is 5.32 Å². The molecule has 0 aromatic heterocycles. The van der Waals surface area contributed by atoms with Gasteiger partial charge in [-0.1, -0.05) is 64.7 Å². The summed E-state index contributed by atoms with van der Waals surface area (Å²) in [6.45, 7) is 2.44. The van der Waals surface area contributed by atoms with Crippen LogP contribution in [0.1, 0.15) is 84.0 Å². The lowest BCUT2D eigenvalue weighted by Crippen LogP contribution is -2.40. The Labute approximate surface area is 114 Å². The molecule has 1 atom stereocenters. The van der Waals surface area contributed by atoms with Gasteiger partial charge >= 0.3 is 0 Å². The van der Waals surface area contributed by atoms with Gasteiger partial charge in [-0.05, 0) is 19.3 Å². The molecule has 1 unspecified atom stereocenters. The molecule has 0 heterocycles. The van der Waals surface area contributed by atoms with Crippen molar-refractivity contribution in [3.63, 3.8) is 0 Å². The van der Waals surface area contributed by atoms with Gasteiger partial charge in [0.25, 0.3) is 0 Å². The van der Waals surface area contributed by atoms with Gasteiger partial charge in [0, 0.05) is 12.1 Å². The highest BCUT2D eigenvalue weighted by atomic mass is 16.3. The maximum Gasteiger partial charge on any atom is 0.0584 e. The minimum atomic E-state index is 0.285. The Bertz CT molecular complexity index is 168. The van der Waals surface area contributed by atoms with Crippen LogP contribution in [0.5, 0.6) is 0 Å². The zero-order valence-corrected chi connectivity index (χ0v) is 12.3. The van der Waals surface area contributed by atoms with Gasteiger partial charge in [-0.3, -0.25) is 0 Å². The largest absolute Gasteiger partial charge is 0.395 e. The molecule has 2 N–H and O–H groups in total. The highest BCUT2D eigenvalue weighted by molar-refractivity contribution is 4.73. The molecule has 0 spiro atoms. The SMILES string of the molecule is CCC(CO)NC1CCCCCCCCCCC1. The predicted octanol–water partition coefficient (Wildman–Crippen LogP) is 4.02. The van der Waals surface area contributed by atoms with Crippen LogP contribution in [0.25, 0.3) is 0 Å². The summed E-state index contributed by atoms with van der Waals surface area (Å²) < 4.78 is 0. The van der Waals surface area contributed by atoms with Crippen molar-refractivity contribution in [1.29, 1.82) is 0 Å². The molecule has 0 amide bonds. The molecule has 0 radical (unpaired) electrons. The third kappa shape index (κ3) is 7.38. The number of aliphatic hydroxyl groups is 1. The van der Waals surface area contributed by atoms with Crippen molar-refractivity contribution in [3.8, 4) is 0 Å². The van der Waals surface area contributed by atoms with Crippen LogP contribution in [0.4, 0.5) is 0 Å². The molecule has 18 heavy (non-hydrogen) atoms. The van der Waals surface area contributed by atoms with E-state index in [-0.39, 0.29) is 6.61 Å². The van der Waals surface area contributed by atoms with Gasteiger partial charge in [0.15, 0.2) is 0 Å². The van der Waals surface area contributed by atoms with Gasteiger partial charge in [-0.25, -0.2) is 0 Å². The van der Waals surface area contributed by atoms with E-state index in [1.807, 2.05) is 0 Å². The highest BCUT2D eigenvalue weighted by Crippen LogP contribution is 2.17. The van der Waals surface area contributed by atoms with Crippen LogP contribution in [-0.4, -0.2) is 23.8 Å². The van der Waals surface area contributed by atoms with Crippen LogP contribution in [-0.2, 0) is 0 Å². The first kappa shape index (κ1) is 16.0. The molecule has 1 fully saturated rings. The Morgan fingerprint density at radius 3 is 1.72 bits per heavy atom. The summed E-state index contributed by atoms with van der Waals surface area (Å²) in [5.74, 6) is 0. The molecule has 108 valence electrons. The topological polar surface area (TPSA) is 32.3 Å². The van der Waals surface area contributed by atoms with Crippen LogP contribution in [0.2, 0.25) is 0 Å². The molecule has 0 bridgehead atoms. The Hall–Kier alpha value is -0.0800. The number of nitrogens with one attached hydrogen (secondary N) is 1. The average Bonchev–Trinajstić information content (AvgIpc) is 2.38. The summed E-state index contributed by atoms with van der Waals surface area (Å²) >= 11 is 0. The van der Waals surface area contributed by atoms with Gasteiger partial charge < -0.3 is 10.4 Å². The molecule has 2 heteroatoms. The van der Waals surface area contributed by atoms with Crippen LogP contribution in [0, 0.1) is 0 Å². The Morgan fingerprint density at radius 2 is 1.33 bits per heavy atom. The standard InChI is InChI=1S/C16H33NO/c1-2-15(14-18)17-16-12-10-8-6-4-3-5-7-9-11-13-16/h15-18H,2-14H2,1H3. The minimum Gasteiger partial charge on any atom is -0.395 e. The summed E-state index contributed by atoms with van der Waals surface area (Å²) in [4.78, 5) is 0. The van der Waals surface area contributed by atoms with Crippen molar-refractivity contribution in [2.24, 2.45) is 0 Å². The second-order valence-corrected chi connectivity index (χ2v) is 5.91. The van der Waals surface area contributed by atoms with E-state index >= 15 is 0 Å².